The zero-order valence-electron chi connectivity index (χ0n) is 14.0. The number of methoxy groups -OCH3 is 2. The lowest BCUT2D eigenvalue weighted by molar-refractivity contribution is 0.0635. The summed E-state index contributed by atoms with van der Waals surface area (Å²) in [5, 5.41) is 12.2. The highest BCUT2D eigenvalue weighted by atomic mass is 16.6. The van der Waals surface area contributed by atoms with E-state index in [0.717, 1.165) is 5.56 Å². The summed E-state index contributed by atoms with van der Waals surface area (Å²) in [6, 6.07) is 3.50. The van der Waals surface area contributed by atoms with E-state index in [1.165, 1.54) is 14.2 Å². The van der Waals surface area contributed by atoms with Gasteiger partial charge in [0, 0.05) is 0 Å². The molecule has 1 atom stereocenters. The van der Waals surface area contributed by atoms with Gasteiger partial charge in [-0.05, 0) is 51.8 Å². The van der Waals surface area contributed by atoms with Gasteiger partial charge in [0.05, 0.1) is 26.0 Å². The number of carbonyl (C=O) groups excluding carboxylic acids is 1. The maximum atomic E-state index is 12.0. The first-order valence-electron chi connectivity index (χ1n) is 7.09. The van der Waals surface area contributed by atoms with Gasteiger partial charge >= 0.3 is 6.09 Å². The summed E-state index contributed by atoms with van der Waals surface area (Å²) in [5.74, 6) is 0.884. The predicted octanol–water partition coefficient (Wildman–Crippen LogP) is 2.97. The minimum Gasteiger partial charge on any atom is -0.493 e. The maximum Gasteiger partial charge on any atom is 0.412 e. The van der Waals surface area contributed by atoms with Crippen molar-refractivity contribution in [3.8, 4) is 11.5 Å². The van der Waals surface area contributed by atoms with E-state index in [-0.39, 0.29) is 0 Å². The number of aliphatic hydroxyl groups excluding tert-OH is 1. The summed E-state index contributed by atoms with van der Waals surface area (Å²) in [6.45, 7) is 7.05. The summed E-state index contributed by atoms with van der Waals surface area (Å²) < 4.78 is 15.8. The van der Waals surface area contributed by atoms with Crippen molar-refractivity contribution in [2.45, 2.75) is 45.8 Å². The third-order valence-electron chi connectivity index (χ3n) is 2.71. The molecule has 0 aromatic heterocycles. The molecule has 0 bridgehead atoms. The molecule has 124 valence electrons. The molecule has 1 aromatic carbocycles. The predicted molar refractivity (Wildman–Crippen MR) is 84.8 cm³/mol. The second kappa shape index (κ2) is 7.35. The van der Waals surface area contributed by atoms with Crippen molar-refractivity contribution in [2.24, 2.45) is 0 Å². The van der Waals surface area contributed by atoms with Crippen LogP contribution in [0.3, 0.4) is 0 Å². The molecule has 2 N–H and O–H groups in total. The van der Waals surface area contributed by atoms with Gasteiger partial charge in [0.1, 0.15) is 5.60 Å². The van der Waals surface area contributed by atoms with Crippen molar-refractivity contribution in [3.63, 3.8) is 0 Å². The number of amides is 1. The Morgan fingerprint density at radius 2 is 1.91 bits per heavy atom. The van der Waals surface area contributed by atoms with Gasteiger partial charge in [-0.3, -0.25) is 5.32 Å². The highest BCUT2D eigenvalue weighted by Crippen LogP contribution is 2.37. The summed E-state index contributed by atoms with van der Waals surface area (Å²) in [4.78, 5) is 12.0. The SMILES string of the molecule is COc1cc(C[C@@H](C)O)cc(NC(=O)OC(C)(C)C)c1OC. The van der Waals surface area contributed by atoms with Gasteiger partial charge in [-0.1, -0.05) is 0 Å². The Balaban J connectivity index is 3.11. The fourth-order valence-corrected chi connectivity index (χ4v) is 1.99. The monoisotopic (exact) mass is 311 g/mol. The van der Waals surface area contributed by atoms with Crippen LogP contribution < -0.4 is 14.8 Å². The van der Waals surface area contributed by atoms with Gasteiger partial charge in [-0.15, -0.1) is 0 Å². The average molecular weight is 311 g/mol. The van der Waals surface area contributed by atoms with Gasteiger partial charge in [-0.2, -0.15) is 0 Å². The Morgan fingerprint density at radius 3 is 2.36 bits per heavy atom. The van der Waals surface area contributed by atoms with Crippen molar-refractivity contribution in [3.05, 3.63) is 17.7 Å². The summed E-state index contributed by atoms with van der Waals surface area (Å²) >= 11 is 0. The fraction of sp³-hybridized carbons (Fsp3) is 0.562. The maximum absolute atomic E-state index is 12.0. The Morgan fingerprint density at radius 1 is 1.27 bits per heavy atom. The Labute approximate surface area is 131 Å². The average Bonchev–Trinajstić information content (AvgIpc) is 2.34. The van der Waals surface area contributed by atoms with E-state index in [1.807, 2.05) is 0 Å². The number of benzene rings is 1. The highest BCUT2D eigenvalue weighted by Gasteiger charge is 2.20. The summed E-state index contributed by atoms with van der Waals surface area (Å²) in [7, 11) is 3.01. The molecule has 1 amide bonds. The number of rotatable bonds is 5. The normalized spacial score (nSPS) is 12.5. The Bertz CT molecular complexity index is 520. The van der Waals surface area contributed by atoms with E-state index in [9.17, 15) is 9.90 Å². The van der Waals surface area contributed by atoms with E-state index >= 15 is 0 Å². The van der Waals surface area contributed by atoms with Gasteiger partial charge in [0.15, 0.2) is 11.5 Å². The molecule has 1 rings (SSSR count). The zero-order chi connectivity index (χ0) is 16.9. The van der Waals surface area contributed by atoms with Crippen LogP contribution in [0, 0.1) is 0 Å². The molecule has 0 spiro atoms. The van der Waals surface area contributed by atoms with E-state index in [4.69, 9.17) is 14.2 Å². The Hall–Kier alpha value is -1.95. The standard InChI is InChI=1S/C16H25NO5/c1-10(18)7-11-8-12(14(21-6)13(9-11)20-5)17-15(19)22-16(2,3)4/h8-10,18H,7H2,1-6H3,(H,17,19)/t10-/m1/s1. The van der Waals surface area contributed by atoms with Gasteiger partial charge in [0.25, 0.3) is 0 Å². The van der Waals surface area contributed by atoms with Crippen molar-refractivity contribution in [1.82, 2.24) is 0 Å². The quantitative estimate of drug-likeness (QED) is 0.874. The van der Waals surface area contributed by atoms with Crippen LogP contribution in [0.15, 0.2) is 12.1 Å². The third kappa shape index (κ3) is 5.44. The largest absolute Gasteiger partial charge is 0.493 e. The molecule has 0 heterocycles. The molecule has 0 saturated heterocycles. The van der Waals surface area contributed by atoms with Gasteiger partial charge in [0.2, 0.25) is 0 Å². The highest BCUT2D eigenvalue weighted by molar-refractivity contribution is 5.88. The van der Waals surface area contributed by atoms with Crippen LogP contribution >= 0.6 is 0 Å². The van der Waals surface area contributed by atoms with Crippen LogP contribution in [0.2, 0.25) is 0 Å². The third-order valence-corrected chi connectivity index (χ3v) is 2.71. The smallest absolute Gasteiger partial charge is 0.412 e. The minimum absolute atomic E-state index is 0.405. The second-order valence-corrected chi connectivity index (χ2v) is 6.06. The molecule has 0 saturated carbocycles. The molecule has 1 aromatic rings. The lowest BCUT2D eigenvalue weighted by Crippen LogP contribution is -2.27. The van der Waals surface area contributed by atoms with Crippen LogP contribution in [0.1, 0.15) is 33.3 Å². The first-order valence-corrected chi connectivity index (χ1v) is 7.09. The number of anilines is 1. The molecule has 0 radical (unpaired) electrons. The van der Waals surface area contributed by atoms with Crippen molar-refractivity contribution < 1.29 is 24.1 Å². The van der Waals surface area contributed by atoms with Crippen LogP contribution in [-0.4, -0.2) is 37.1 Å². The van der Waals surface area contributed by atoms with Crippen LogP contribution in [0.4, 0.5) is 10.5 Å². The van der Waals surface area contributed by atoms with E-state index in [2.05, 4.69) is 5.32 Å². The molecule has 0 fully saturated rings. The summed E-state index contributed by atoms with van der Waals surface area (Å²) in [5.41, 5.74) is 0.656. The number of hydrogen-bond donors (Lipinski definition) is 2. The van der Waals surface area contributed by atoms with E-state index < -0.39 is 17.8 Å². The van der Waals surface area contributed by atoms with E-state index in [1.54, 1.807) is 39.8 Å². The topological polar surface area (TPSA) is 77.0 Å². The van der Waals surface area contributed by atoms with Crippen LogP contribution in [0.5, 0.6) is 11.5 Å². The molecule has 0 aliphatic heterocycles. The first kappa shape index (κ1) is 18.1. The molecule has 0 aliphatic carbocycles. The molecule has 22 heavy (non-hydrogen) atoms. The van der Waals surface area contributed by atoms with Gasteiger partial charge in [-0.25, -0.2) is 4.79 Å². The van der Waals surface area contributed by atoms with Crippen molar-refractivity contribution >= 4 is 11.8 Å². The molecule has 0 unspecified atom stereocenters. The summed E-state index contributed by atoms with van der Waals surface area (Å²) in [6.07, 6.45) is -0.655. The number of nitrogens with one attached hydrogen (secondary N) is 1. The fourth-order valence-electron chi connectivity index (χ4n) is 1.99. The lowest BCUT2D eigenvalue weighted by Gasteiger charge is -2.21. The van der Waals surface area contributed by atoms with Crippen molar-refractivity contribution in [1.29, 1.82) is 0 Å². The number of ether oxygens (including phenoxy) is 3. The van der Waals surface area contributed by atoms with E-state index in [0.29, 0.717) is 23.6 Å². The molecular formula is C16H25NO5. The van der Waals surface area contributed by atoms with Crippen LogP contribution in [0.25, 0.3) is 0 Å². The molecular weight excluding hydrogens is 286 g/mol. The Kier molecular flexibility index (Phi) is 6.05. The number of hydrogen-bond acceptors (Lipinski definition) is 5. The number of carbonyl (C=O) groups is 1. The van der Waals surface area contributed by atoms with Crippen LogP contribution in [-0.2, 0) is 11.2 Å². The van der Waals surface area contributed by atoms with Crippen molar-refractivity contribution in [2.75, 3.05) is 19.5 Å². The molecule has 6 heteroatoms. The minimum atomic E-state index is -0.599. The molecule has 6 nitrogen and oxygen atoms in total. The lowest BCUT2D eigenvalue weighted by atomic mass is 10.1. The first-order chi connectivity index (χ1) is 10.2. The molecule has 0 aliphatic rings. The number of aliphatic hydroxyl groups is 1. The zero-order valence-corrected chi connectivity index (χ0v) is 14.0. The van der Waals surface area contributed by atoms with Gasteiger partial charge < -0.3 is 19.3 Å². The second-order valence-electron chi connectivity index (χ2n) is 6.06.